The fourth-order valence-electron chi connectivity index (χ4n) is 3.28. The molecular formula is C17H19BrF3NO3. The molecule has 1 aliphatic rings. The zero-order valence-corrected chi connectivity index (χ0v) is 15.2. The van der Waals surface area contributed by atoms with Crippen LogP contribution < -0.4 is 0 Å². The van der Waals surface area contributed by atoms with Crippen LogP contribution in [0.2, 0.25) is 0 Å². The minimum absolute atomic E-state index is 0.00854. The van der Waals surface area contributed by atoms with Gasteiger partial charge in [0.05, 0.1) is 5.92 Å². The number of aliphatic carboxylic acids is 1. The van der Waals surface area contributed by atoms with Gasteiger partial charge in [-0.15, -0.1) is 0 Å². The molecule has 4 nitrogen and oxygen atoms in total. The molecule has 1 atom stereocenters. The number of alkyl halides is 3. The smallest absolute Gasteiger partial charge is 0.413 e. The number of carboxylic acid groups (broad SMARTS) is 1. The van der Waals surface area contributed by atoms with Gasteiger partial charge < -0.3 is 10.0 Å². The molecule has 8 heteroatoms. The van der Waals surface area contributed by atoms with E-state index in [1.54, 1.807) is 0 Å². The van der Waals surface area contributed by atoms with Crippen molar-refractivity contribution in [3.8, 4) is 0 Å². The Morgan fingerprint density at radius 2 is 1.60 bits per heavy atom. The minimum atomic E-state index is -4.60. The maximum Gasteiger partial charge on any atom is 0.413 e. The highest BCUT2D eigenvalue weighted by atomic mass is 79.9. The summed E-state index contributed by atoms with van der Waals surface area (Å²) < 4.78 is 41.4. The molecule has 138 valence electrons. The molecule has 0 aliphatic heterocycles. The Balaban J connectivity index is 2.16. The van der Waals surface area contributed by atoms with E-state index in [4.69, 9.17) is 5.11 Å². The molecule has 0 saturated heterocycles. The van der Waals surface area contributed by atoms with E-state index >= 15 is 0 Å². The number of nitrogens with zero attached hydrogens (tertiary/aromatic N) is 1. The largest absolute Gasteiger partial charge is 0.481 e. The lowest BCUT2D eigenvalue weighted by molar-refractivity contribution is -0.191. The quantitative estimate of drug-likeness (QED) is 0.783. The Morgan fingerprint density at radius 3 is 2.04 bits per heavy atom. The van der Waals surface area contributed by atoms with Crippen LogP contribution in [0, 0.1) is 11.8 Å². The molecule has 2 rings (SSSR count). The third-order valence-corrected chi connectivity index (χ3v) is 5.19. The summed E-state index contributed by atoms with van der Waals surface area (Å²) in [4.78, 5) is 24.3. The SMILES string of the molecule is CN(C(=O)C1CCC(C(=O)O)CC1)C(c1ccc(Br)cc1)C(F)(F)F. The molecule has 1 amide bonds. The Bertz CT molecular complexity index is 625. The van der Waals surface area contributed by atoms with Crippen molar-refractivity contribution in [2.45, 2.75) is 37.9 Å². The second-order valence-corrected chi connectivity index (χ2v) is 7.25. The van der Waals surface area contributed by atoms with Crippen molar-refractivity contribution in [1.82, 2.24) is 4.90 Å². The Labute approximate surface area is 152 Å². The first-order chi connectivity index (χ1) is 11.6. The minimum Gasteiger partial charge on any atom is -0.481 e. The normalized spacial score (nSPS) is 22.3. The number of carbonyl (C=O) groups excluding carboxylic acids is 1. The summed E-state index contributed by atoms with van der Waals surface area (Å²) in [5, 5.41) is 8.99. The van der Waals surface area contributed by atoms with Gasteiger partial charge in [0.2, 0.25) is 5.91 Å². The summed E-state index contributed by atoms with van der Waals surface area (Å²) in [6.07, 6.45) is -3.38. The Kier molecular flexibility index (Phi) is 6.13. The molecule has 0 bridgehead atoms. The number of carbonyl (C=O) groups is 2. The summed E-state index contributed by atoms with van der Waals surface area (Å²) in [7, 11) is 1.16. The first-order valence-corrected chi connectivity index (χ1v) is 8.72. The van der Waals surface area contributed by atoms with Gasteiger partial charge in [-0.1, -0.05) is 28.1 Å². The van der Waals surface area contributed by atoms with Gasteiger partial charge in [0.25, 0.3) is 0 Å². The van der Waals surface area contributed by atoms with Crippen LogP contribution in [-0.4, -0.2) is 35.1 Å². The summed E-state index contributed by atoms with van der Waals surface area (Å²) in [5.41, 5.74) is -0.00854. The molecule has 0 heterocycles. The average Bonchev–Trinajstić information content (AvgIpc) is 2.55. The lowest BCUT2D eigenvalue weighted by Gasteiger charge is -2.34. The predicted molar refractivity (Wildman–Crippen MR) is 88.8 cm³/mol. The molecule has 0 aromatic heterocycles. The van der Waals surface area contributed by atoms with Crippen molar-refractivity contribution >= 4 is 27.8 Å². The highest BCUT2D eigenvalue weighted by Gasteiger charge is 2.46. The van der Waals surface area contributed by atoms with Crippen LogP contribution in [0.5, 0.6) is 0 Å². The number of benzene rings is 1. The van der Waals surface area contributed by atoms with Gasteiger partial charge in [-0.3, -0.25) is 9.59 Å². The molecule has 1 aliphatic carbocycles. The van der Waals surface area contributed by atoms with Crippen LogP contribution in [0.1, 0.15) is 37.3 Å². The van der Waals surface area contributed by atoms with E-state index in [-0.39, 0.29) is 5.56 Å². The highest BCUT2D eigenvalue weighted by molar-refractivity contribution is 9.10. The van der Waals surface area contributed by atoms with E-state index in [0.717, 1.165) is 11.9 Å². The highest BCUT2D eigenvalue weighted by Crippen LogP contribution is 2.39. The summed E-state index contributed by atoms with van der Waals surface area (Å²) in [6, 6.07) is 3.67. The second kappa shape index (κ2) is 7.76. The fraction of sp³-hybridized carbons (Fsp3) is 0.529. The molecule has 1 fully saturated rings. The van der Waals surface area contributed by atoms with E-state index in [0.29, 0.717) is 30.2 Å². The predicted octanol–water partition coefficient (Wildman–Crippen LogP) is 4.40. The van der Waals surface area contributed by atoms with Crippen LogP contribution in [0.3, 0.4) is 0 Å². The number of halogens is 4. The third kappa shape index (κ3) is 4.74. The summed E-state index contributed by atoms with van der Waals surface area (Å²) in [6.45, 7) is 0. The van der Waals surface area contributed by atoms with E-state index in [1.165, 1.54) is 24.3 Å². The zero-order valence-electron chi connectivity index (χ0n) is 13.6. The third-order valence-electron chi connectivity index (χ3n) is 4.66. The molecular weight excluding hydrogens is 403 g/mol. The lowest BCUT2D eigenvalue weighted by atomic mass is 9.81. The fourth-order valence-corrected chi connectivity index (χ4v) is 3.54. The summed E-state index contributed by atoms with van der Waals surface area (Å²) >= 11 is 3.18. The Morgan fingerprint density at radius 1 is 1.12 bits per heavy atom. The monoisotopic (exact) mass is 421 g/mol. The van der Waals surface area contributed by atoms with Crippen molar-refractivity contribution in [1.29, 1.82) is 0 Å². The molecule has 1 saturated carbocycles. The van der Waals surface area contributed by atoms with E-state index in [2.05, 4.69) is 15.9 Å². The topological polar surface area (TPSA) is 57.6 Å². The van der Waals surface area contributed by atoms with E-state index in [9.17, 15) is 22.8 Å². The number of hydrogen-bond donors (Lipinski definition) is 1. The van der Waals surface area contributed by atoms with E-state index in [1.807, 2.05) is 0 Å². The van der Waals surface area contributed by atoms with Crippen molar-refractivity contribution in [2.75, 3.05) is 7.05 Å². The molecule has 0 spiro atoms. The van der Waals surface area contributed by atoms with Gasteiger partial charge in [0.15, 0.2) is 6.04 Å². The first-order valence-electron chi connectivity index (χ1n) is 7.93. The van der Waals surface area contributed by atoms with E-state index < -0.39 is 35.9 Å². The molecule has 1 N–H and O–H groups in total. The van der Waals surface area contributed by atoms with Crippen molar-refractivity contribution in [3.05, 3.63) is 34.3 Å². The molecule has 1 unspecified atom stereocenters. The van der Waals surface area contributed by atoms with Gasteiger partial charge in [0.1, 0.15) is 0 Å². The number of hydrogen-bond acceptors (Lipinski definition) is 2. The second-order valence-electron chi connectivity index (χ2n) is 6.33. The average molecular weight is 422 g/mol. The van der Waals surface area contributed by atoms with Crippen LogP contribution in [0.15, 0.2) is 28.7 Å². The molecule has 1 aromatic carbocycles. The maximum atomic E-state index is 13.6. The van der Waals surface area contributed by atoms with Crippen LogP contribution in [-0.2, 0) is 9.59 Å². The number of rotatable bonds is 4. The molecule has 0 radical (unpaired) electrons. The van der Waals surface area contributed by atoms with Gasteiger partial charge >= 0.3 is 12.1 Å². The zero-order chi connectivity index (χ0) is 18.8. The summed E-state index contributed by atoms with van der Waals surface area (Å²) in [5.74, 6) is -2.59. The van der Waals surface area contributed by atoms with Crippen LogP contribution in [0.4, 0.5) is 13.2 Å². The molecule has 25 heavy (non-hydrogen) atoms. The standard InChI is InChI=1S/C17H19BrF3NO3/c1-22(15(23)11-2-4-12(5-3-11)16(24)25)14(17(19,20)21)10-6-8-13(18)9-7-10/h6-9,11-12,14H,2-5H2,1H3,(H,24,25). The Hall–Kier alpha value is -1.57. The number of carboxylic acids is 1. The van der Waals surface area contributed by atoms with Crippen molar-refractivity contribution < 1.29 is 27.9 Å². The van der Waals surface area contributed by atoms with Crippen molar-refractivity contribution in [2.24, 2.45) is 11.8 Å². The van der Waals surface area contributed by atoms with Gasteiger partial charge in [-0.2, -0.15) is 13.2 Å². The van der Waals surface area contributed by atoms with Gasteiger partial charge in [-0.05, 0) is 43.4 Å². The van der Waals surface area contributed by atoms with Gasteiger partial charge in [-0.25, -0.2) is 0 Å². The lowest BCUT2D eigenvalue weighted by Crippen LogP contribution is -2.43. The van der Waals surface area contributed by atoms with Gasteiger partial charge in [0, 0.05) is 17.4 Å². The van der Waals surface area contributed by atoms with Crippen molar-refractivity contribution in [3.63, 3.8) is 0 Å². The number of amides is 1. The first kappa shape index (κ1) is 19.8. The van der Waals surface area contributed by atoms with Crippen LogP contribution in [0.25, 0.3) is 0 Å². The molecule has 1 aromatic rings. The van der Waals surface area contributed by atoms with Crippen LogP contribution >= 0.6 is 15.9 Å². The maximum absolute atomic E-state index is 13.6.